The van der Waals surface area contributed by atoms with Crippen molar-refractivity contribution < 1.29 is 9.53 Å². The second-order valence-corrected chi connectivity index (χ2v) is 9.37. The third kappa shape index (κ3) is 2.74. The van der Waals surface area contributed by atoms with Gasteiger partial charge in [-0.3, -0.25) is 4.79 Å². The molecule has 25 heavy (non-hydrogen) atoms. The standard InChI is InChI=1S/C20H35N3O2/c1-19(2)17-16(6-5-13-25-17)20(19,21)18(24)23-11-7-15(8-12-23)14-22-9-3-4-10-22/h15-17H,3-14,21H2,1-2H3. The summed E-state index contributed by atoms with van der Waals surface area (Å²) in [5.41, 5.74) is 5.80. The number of carbonyl (C=O) groups excluding carboxylic acids is 1. The maximum absolute atomic E-state index is 13.4. The van der Waals surface area contributed by atoms with Crippen molar-refractivity contribution in [2.24, 2.45) is 23.0 Å². The molecule has 1 amide bonds. The van der Waals surface area contributed by atoms with Gasteiger partial charge in [0, 0.05) is 37.6 Å². The zero-order valence-corrected chi connectivity index (χ0v) is 16.0. The number of hydrogen-bond acceptors (Lipinski definition) is 4. The molecular formula is C20H35N3O2. The lowest BCUT2D eigenvalue weighted by atomic mass is 9.46. The molecule has 2 N–H and O–H groups in total. The average molecular weight is 350 g/mol. The smallest absolute Gasteiger partial charge is 0.243 e. The van der Waals surface area contributed by atoms with Gasteiger partial charge in [-0.2, -0.15) is 0 Å². The predicted octanol–water partition coefficient (Wildman–Crippen LogP) is 1.85. The van der Waals surface area contributed by atoms with E-state index in [-0.39, 0.29) is 23.3 Å². The van der Waals surface area contributed by atoms with Gasteiger partial charge in [-0.15, -0.1) is 0 Å². The highest BCUT2D eigenvalue weighted by atomic mass is 16.5. The van der Waals surface area contributed by atoms with Crippen molar-refractivity contribution in [1.82, 2.24) is 9.80 Å². The number of likely N-dealkylation sites (tertiary alicyclic amines) is 2. The van der Waals surface area contributed by atoms with E-state index in [1.165, 1.54) is 32.5 Å². The van der Waals surface area contributed by atoms with Crippen LogP contribution in [0.1, 0.15) is 52.4 Å². The van der Waals surface area contributed by atoms with Crippen molar-refractivity contribution >= 4 is 5.91 Å². The van der Waals surface area contributed by atoms with Gasteiger partial charge in [0.25, 0.3) is 0 Å². The molecule has 0 aromatic heterocycles. The normalized spacial score (nSPS) is 39.1. The van der Waals surface area contributed by atoms with E-state index in [0.717, 1.165) is 51.3 Å². The molecule has 4 fully saturated rings. The van der Waals surface area contributed by atoms with Crippen LogP contribution in [0.5, 0.6) is 0 Å². The van der Waals surface area contributed by atoms with Crippen LogP contribution in [0.3, 0.4) is 0 Å². The Balaban J connectivity index is 1.37. The minimum Gasteiger partial charge on any atom is -0.377 e. The number of amides is 1. The van der Waals surface area contributed by atoms with E-state index in [4.69, 9.17) is 10.5 Å². The van der Waals surface area contributed by atoms with Gasteiger partial charge in [0.2, 0.25) is 5.91 Å². The van der Waals surface area contributed by atoms with E-state index in [1.807, 2.05) is 0 Å². The number of rotatable bonds is 3. The van der Waals surface area contributed by atoms with E-state index < -0.39 is 5.54 Å². The van der Waals surface area contributed by atoms with Crippen LogP contribution in [0.2, 0.25) is 0 Å². The first kappa shape index (κ1) is 17.7. The van der Waals surface area contributed by atoms with E-state index in [2.05, 4.69) is 23.6 Å². The van der Waals surface area contributed by atoms with Crippen molar-refractivity contribution in [3.05, 3.63) is 0 Å². The maximum Gasteiger partial charge on any atom is 0.243 e. The summed E-state index contributed by atoms with van der Waals surface area (Å²) in [5, 5.41) is 0. The van der Waals surface area contributed by atoms with Crippen LogP contribution in [0.25, 0.3) is 0 Å². The Kier molecular flexibility index (Phi) is 4.62. The van der Waals surface area contributed by atoms with Crippen molar-refractivity contribution in [3.63, 3.8) is 0 Å². The molecule has 0 aromatic carbocycles. The van der Waals surface area contributed by atoms with Crippen molar-refractivity contribution in [2.75, 3.05) is 39.3 Å². The molecule has 5 nitrogen and oxygen atoms in total. The molecule has 142 valence electrons. The Morgan fingerprint density at radius 3 is 2.44 bits per heavy atom. The molecule has 3 atom stereocenters. The Morgan fingerprint density at radius 2 is 1.76 bits per heavy atom. The summed E-state index contributed by atoms with van der Waals surface area (Å²) in [6.45, 7) is 10.6. The third-order valence-corrected chi connectivity index (χ3v) is 7.66. The summed E-state index contributed by atoms with van der Waals surface area (Å²) in [5.74, 6) is 1.13. The number of fused-ring (bicyclic) bond motifs is 1. The van der Waals surface area contributed by atoms with Crippen LogP contribution >= 0.6 is 0 Å². The van der Waals surface area contributed by atoms with Crippen molar-refractivity contribution in [1.29, 1.82) is 0 Å². The Morgan fingerprint density at radius 1 is 1.08 bits per heavy atom. The van der Waals surface area contributed by atoms with E-state index in [9.17, 15) is 4.79 Å². The molecule has 0 bridgehead atoms. The van der Waals surface area contributed by atoms with Crippen LogP contribution in [0.4, 0.5) is 0 Å². The average Bonchev–Trinajstić information content (AvgIpc) is 3.14. The summed E-state index contributed by atoms with van der Waals surface area (Å²) >= 11 is 0. The van der Waals surface area contributed by atoms with Gasteiger partial charge >= 0.3 is 0 Å². The zero-order valence-electron chi connectivity index (χ0n) is 16.0. The highest BCUT2D eigenvalue weighted by Gasteiger charge is 2.70. The highest BCUT2D eigenvalue weighted by Crippen LogP contribution is 2.58. The lowest BCUT2D eigenvalue weighted by molar-refractivity contribution is -0.230. The molecule has 3 heterocycles. The Labute approximate surface area is 152 Å². The lowest BCUT2D eigenvalue weighted by Gasteiger charge is -2.66. The first-order valence-electron chi connectivity index (χ1n) is 10.4. The maximum atomic E-state index is 13.4. The summed E-state index contributed by atoms with van der Waals surface area (Å²) in [6, 6.07) is 0. The van der Waals surface area contributed by atoms with Crippen molar-refractivity contribution in [2.45, 2.75) is 64.0 Å². The second kappa shape index (κ2) is 6.50. The molecule has 4 rings (SSSR count). The van der Waals surface area contributed by atoms with Gasteiger partial charge in [-0.1, -0.05) is 13.8 Å². The molecule has 1 saturated carbocycles. The first-order chi connectivity index (χ1) is 11.9. The van der Waals surface area contributed by atoms with Crippen molar-refractivity contribution in [3.8, 4) is 0 Å². The second-order valence-electron chi connectivity index (χ2n) is 9.37. The number of nitrogens with two attached hydrogens (primary N) is 1. The van der Waals surface area contributed by atoms with Crippen LogP contribution in [0.15, 0.2) is 0 Å². The number of nitrogens with zero attached hydrogens (tertiary/aromatic N) is 2. The highest BCUT2D eigenvalue weighted by molar-refractivity contribution is 5.89. The molecule has 0 aromatic rings. The molecule has 3 unspecified atom stereocenters. The van der Waals surface area contributed by atoms with Crippen LogP contribution < -0.4 is 5.73 Å². The molecule has 5 heteroatoms. The SMILES string of the molecule is CC1(C)C2OCCCC2C1(N)C(=O)N1CCC(CN2CCCC2)CC1. The topological polar surface area (TPSA) is 58.8 Å². The molecule has 3 aliphatic heterocycles. The molecule has 3 saturated heterocycles. The van der Waals surface area contributed by atoms with Gasteiger partial charge in [0.15, 0.2) is 0 Å². The first-order valence-corrected chi connectivity index (χ1v) is 10.4. The fraction of sp³-hybridized carbons (Fsp3) is 0.950. The zero-order chi connectivity index (χ0) is 17.7. The Bertz CT molecular complexity index is 509. The molecular weight excluding hydrogens is 314 g/mol. The monoisotopic (exact) mass is 349 g/mol. The van der Waals surface area contributed by atoms with Gasteiger partial charge in [-0.25, -0.2) is 0 Å². The van der Waals surface area contributed by atoms with E-state index in [1.54, 1.807) is 0 Å². The van der Waals surface area contributed by atoms with Gasteiger partial charge in [-0.05, 0) is 57.5 Å². The van der Waals surface area contributed by atoms with E-state index >= 15 is 0 Å². The minimum absolute atomic E-state index is 0.155. The summed E-state index contributed by atoms with van der Waals surface area (Å²) in [4.78, 5) is 18.0. The predicted molar refractivity (Wildman–Crippen MR) is 98.1 cm³/mol. The van der Waals surface area contributed by atoms with Gasteiger partial charge in [0.1, 0.15) is 5.54 Å². The fourth-order valence-electron chi connectivity index (χ4n) is 5.92. The minimum atomic E-state index is -0.736. The quantitative estimate of drug-likeness (QED) is 0.845. The van der Waals surface area contributed by atoms with Crippen LogP contribution in [-0.4, -0.2) is 66.7 Å². The number of ether oxygens (including phenoxy) is 1. The molecule has 4 aliphatic rings. The molecule has 1 aliphatic carbocycles. The van der Waals surface area contributed by atoms with Crippen LogP contribution in [-0.2, 0) is 9.53 Å². The number of carbonyl (C=O) groups is 1. The summed E-state index contributed by atoms with van der Waals surface area (Å²) in [6.07, 6.45) is 7.18. The van der Waals surface area contributed by atoms with Crippen LogP contribution in [0, 0.1) is 17.3 Å². The Hall–Kier alpha value is -0.650. The molecule has 0 spiro atoms. The number of piperidine rings is 1. The van der Waals surface area contributed by atoms with Gasteiger partial charge < -0.3 is 20.3 Å². The van der Waals surface area contributed by atoms with E-state index in [0.29, 0.717) is 0 Å². The largest absolute Gasteiger partial charge is 0.377 e. The lowest BCUT2D eigenvalue weighted by Crippen LogP contribution is -2.82. The summed E-state index contributed by atoms with van der Waals surface area (Å²) < 4.78 is 5.96. The third-order valence-electron chi connectivity index (χ3n) is 7.66. The fourth-order valence-corrected chi connectivity index (χ4v) is 5.92. The summed E-state index contributed by atoms with van der Waals surface area (Å²) in [7, 11) is 0. The number of hydrogen-bond donors (Lipinski definition) is 1. The molecule has 0 radical (unpaired) electrons. The van der Waals surface area contributed by atoms with Gasteiger partial charge in [0.05, 0.1) is 6.10 Å².